The van der Waals surface area contributed by atoms with Crippen LogP contribution in [0.25, 0.3) is 0 Å². The predicted molar refractivity (Wildman–Crippen MR) is 116 cm³/mol. The molecule has 0 aliphatic carbocycles. The van der Waals surface area contributed by atoms with Crippen LogP contribution < -0.4 is 15.0 Å². The minimum atomic E-state index is -0.268. The zero-order valence-corrected chi connectivity index (χ0v) is 17.9. The highest BCUT2D eigenvalue weighted by Crippen LogP contribution is 2.28. The molecule has 3 aromatic rings. The van der Waals surface area contributed by atoms with Crippen molar-refractivity contribution in [2.45, 2.75) is 19.5 Å². The second kappa shape index (κ2) is 9.13. The average molecular weight is 449 g/mol. The number of anilines is 1. The number of nitrogens with zero attached hydrogens (tertiary/aromatic N) is 1. The predicted octanol–water partition coefficient (Wildman–Crippen LogP) is 3.61. The number of amides is 1. The fraction of sp³-hybridized carbons (Fsp3) is 0.238. The number of hydrogen-bond acceptors (Lipinski definition) is 4. The first-order chi connectivity index (χ1) is 14.1. The minimum absolute atomic E-state index is 0.142. The van der Waals surface area contributed by atoms with Gasteiger partial charge in [0, 0.05) is 17.0 Å². The Morgan fingerprint density at radius 2 is 2.03 bits per heavy atom. The summed E-state index contributed by atoms with van der Waals surface area (Å²) in [5, 5.41) is 4.34. The molecule has 0 fully saturated rings. The van der Waals surface area contributed by atoms with E-state index in [1.54, 1.807) is 29.5 Å². The molecule has 1 aliphatic rings. The topological polar surface area (TPSA) is 55.7 Å². The van der Waals surface area contributed by atoms with Gasteiger partial charge >= 0.3 is 0 Å². The first kappa shape index (κ1) is 20.2. The largest absolute Gasteiger partial charge is 0.482 e. The van der Waals surface area contributed by atoms with Gasteiger partial charge in [0.05, 0.1) is 22.1 Å². The second-order valence-corrected chi connectivity index (χ2v) is 8.82. The van der Waals surface area contributed by atoms with E-state index in [0.717, 1.165) is 31.7 Å². The molecule has 1 aromatic heterocycles. The lowest BCUT2D eigenvalue weighted by Crippen LogP contribution is -3.10. The van der Waals surface area contributed by atoms with Crippen molar-refractivity contribution in [2.75, 3.05) is 18.5 Å². The molecule has 0 saturated carbocycles. The van der Waals surface area contributed by atoms with Gasteiger partial charge in [-0.1, -0.05) is 64.9 Å². The Morgan fingerprint density at radius 3 is 2.83 bits per heavy atom. The summed E-state index contributed by atoms with van der Waals surface area (Å²) in [6.07, 6.45) is 0.917. The Hall–Kier alpha value is -2.12. The molecule has 4 rings (SSSR count). The maximum atomic E-state index is 12.2. The van der Waals surface area contributed by atoms with Gasteiger partial charge in [-0.05, 0) is 18.2 Å². The van der Waals surface area contributed by atoms with Gasteiger partial charge in [0.2, 0.25) is 0 Å². The molecule has 0 radical (unpaired) electrons. The zero-order chi connectivity index (χ0) is 20.2. The van der Waals surface area contributed by atoms with Crippen molar-refractivity contribution in [2.24, 2.45) is 0 Å². The van der Waals surface area contributed by atoms with E-state index in [-0.39, 0.29) is 12.5 Å². The quantitative estimate of drug-likeness (QED) is 0.605. The van der Waals surface area contributed by atoms with Crippen molar-refractivity contribution in [3.05, 3.63) is 74.7 Å². The lowest BCUT2D eigenvalue weighted by Gasteiger charge is -2.22. The van der Waals surface area contributed by atoms with Crippen LogP contribution in [-0.4, -0.2) is 24.0 Å². The summed E-state index contributed by atoms with van der Waals surface area (Å²) in [5.74, 6) is 0.153. The molecule has 1 atom stereocenters. The highest BCUT2D eigenvalue weighted by Gasteiger charge is 2.24. The molecular formula is C21H20Cl2N3O2S+. The number of thiazole rings is 1. The summed E-state index contributed by atoms with van der Waals surface area (Å²) >= 11 is 13.5. The summed E-state index contributed by atoms with van der Waals surface area (Å²) in [5.41, 5.74) is 2.42. The smallest absolute Gasteiger partial charge is 0.264 e. The fourth-order valence-electron chi connectivity index (χ4n) is 3.31. The lowest BCUT2D eigenvalue weighted by atomic mass is 10.1. The number of fused-ring (bicyclic) bond motifs is 1. The molecule has 0 saturated heterocycles. The number of rotatable bonds is 6. The van der Waals surface area contributed by atoms with Gasteiger partial charge in [-0.15, -0.1) is 0 Å². The summed E-state index contributed by atoms with van der Waals surface area (Å²) in [6.45, 7) is 2.82. The number of benzene rings is 2. The third kappa shape index (κ3) is 5.28. The van der Waals surface area contributed by atoms with Gasteiger partial charge < -0.3 is 9.64 Å². The van der Waals surface area contributed by atoms with E-state index in [1.807, 2.05) is 6.07 Å². The van der Waals surface area contributed by atoms with Gasteiger partial charge in [-0.25, -0.2) is 4.98 Å². The normalized spacial score (nSPS) is 15.6. The molecule has 1 amide bonds. The van der Waals surface area contributed by atoms with Crippen LogP contribution in [0.15, 0.2) is 48.5 Å². The minimum Gasteiger partial charge on any atom is -0.482 e. The highest BCUT2D eigenvalue weighted by atomic mass is 35.5. The van der Waals surface area contributed by atoms with Crippen LogP contribution in [0.1, 0.15) is 16.1 Å². The molecule has 0 bridgehead atoms. The monoisotopic (exact) mass is 448 g/mol. The zero-order valence-electron chi connectivity index (χ0n) is 15.6. The van der Waals surface area contributed by atoms with Crippen LogP contribution in [0.5, 0.6) is 5.75 Å². The van der Waals surface area contributed by atoms with Crippen LogP contribution in [0, 0.1) is 0 Å². The van der Waals surface area contributed by atoms with Crippen molar-refractivity contribution < 1.29 is 14.4 Å². The Labute approximate surface area is 183 Å². The van der Waals surface area contributed by atoms with Gasteiger partial charge in [-0.2, -0.15) is 0 Å². The number of aromatic nitrogens is 1. The van der Waals surface area contributed by atoms with E-state index in [2.05, 4.69) is 34.6 Å². The molecule has 2 heterocycles. The number of quaternary nitrogens is 1. The molecule has 5 nitrogen and oxygen atoms in total. The standard InChI is InChI=1S/C21H19Cl2N3O2S/c22-15-6-7-18(16(23)10-15)28-13-20(27)25-21-24-17-8-9-26(12-19(17)29-21)11-14-4-2-1-3-5-14/h1-7,10H,8-9,11-13H2,(H,24,25,27)/p+1. The number of carbonyl (C=O) groups is 1. The molecule has 2 aromatic carbocycles. The first-order valence-corrected chi connectivity index (χ1v) is 10.9. The van der Waals surface area contributed by atoms with Crippen LogP contribution in [0.2, 0.25) is 10.0 Å². The Kier molecular flexibility index (Phi) is 6.35. The van der Waals surface area contributed by atoms with E-state index in [0.29, 0.717) is 20.9 Å². The van der Waals surface area contributed by atoms with Crippen LogP contribution in [0.3, 0.4) is 0 Å². The maximum absolute atomic E-state index is 12.2. The summed E-state index contributed by atoms with van der Waals surface area (Å²) in [7, 11) is 0. The van der Waals surface area contributed by atoms with E-state index >= 15 is 0 Å². The third-order valence-electron chi connectivity index (χ3n) is 4.70. The number of hydrogen-bond donors (Lipinski definition) is 2. The van der Waals surface area contributed by atoms with E-state index in [1.165, 1.54) is 15.3 Å². The highest BCUT2D eigenvalue weighted by molar-refractivity contribution is 7.15. The van der Waals surface area contributed by atoms with E-state index in [4.69, 9.17) is 27.9 Å². The van der Waals surface area contributed by atoms with Crippen molar-refractivity contribution >= 4 is 45.6 Å². The van der Waals surface area contributed by atoms with Gasteiger partial charge in [-0.3, -0.25) is 10.1 Å². The van der Waals surface area contributed by atoms with Crippen molar-refractivity contribution in [3.8, 4) is 5.75 Å². The van der Waals surface area contributed by atoms with Crippen molar-refractivity contribution in [3.63, 3.8) is 0 Å². The number of nitrogens with one attached hydrogen (secondary N) is 2. The molecule has 1 unspecified atom stereocenters. The SMILES string of the molecule is O=C(COc1ccc(Cl)cc1Cl)Nc1nc2c(s1)C[NH+](Cc1ccccc1)CC2. The number of carbonyl (C=O) groups excluding carboxylic acids is 1. The molecule has 150 valence electrons. The average Bonchev–Trinajstić information content (AvgIpc) is 3.09. The Balaban J connectivity index is 1.32. The molecule has 2 N–H and O–H groups in total. The van der Waals surface area contributed by atoms with Crippen molar-refractivity contribution in [1.29, 1.82) is 0 Å². The molecule has 0 spiro atoms. The maximum Gasteiger partial charge on any atom is 0.264 e. The summed E-state index contributed by atoms with van der Waals surface area (Å²) in [6, 6.07) is 15.4. The molecule has 29 heavy (non-hydrogen) atoms. The Morgan fingerprint density at radius 1 is 1.21 bits per heavy atom. The number of ether oxygens (including phenoxy) is 1. The third-order valence-corrected chi connectivity index (χ3v) is 6.24. The molecule has 1 aliphatic heterocycles. The van der Waals surface area contributed by atoms with Crippen LogP contribution in [-0.2, 0) is 24.3 Å². The van der Waals surface area contributed by atoms with E-state index in [9.17, 15) is 4.79 Å². The number of halogens is 2. The second-order valence-electron chi connectivity index (χ2n) is 6.89. The van der Waals surface area contributed by atoms with Crippen molar-refractivity contribution in [1.82, 2.24) is 4.98 Å². The summed E-state index contributed by atoms with van der Waals surface area (Å²) < 4.78 is 5.48. The van der Waals surface area contributed by atoms with Gasteiger partial charge in [0.1, 0.15) is 18.8 Å². The first-order valence-electron chi connectivity index (χ1n) is 9.30. The Bertz CT molecular complexity index is 1010. The summed E-state index contributed by atoms with van der Waals surface area (Å²) in [4.78, 5) is 19.6. The van der Waals surface area contributed by atoms with Gasteiger partial charge in [0.25, 0.3) is 5.91 Å². The van der Waals surface area contributed by atoms with Crippen LogP contribution in [0.4, 0.5) is 5.13 Å². The molecule has 8 heteroatoms. The van der Waals surface area contributed by atoms with Crippen LogP contribution >= 0.6 is 34.5 Å². The van der Waals surface area contributed by atoms with Gasteiger partial charge in [0.15, 0.2) is 11.7 Å². The molecular weight excluding hydrogens is 429 g/mol. The van der Waals surface area contributed by atoms with E-state index < -0.39 is 0 Å². The fourth-order valence-corrected chi connectivity index (χ4v) is 4.87. The lowest BCUT2D eigenvalue weighted by molar-refractivity contribution is -0.929.